The Morgan fingerprint density at radius 3 is 2.86 bits per heavy atom. The highest BCUT2D eigenvalue weighted by Crippen LogP contribution is 2.32. The molecule has 1 aromatic carbocycles. The molecule has 2 fully saturated rings. The summed E-state index contributed by atoms with van der Waals surface area (Å²) in [4.78, 5) is 20.7. The van der Waals surface area contributed by atoms with Crippen LogP contribution in [0.5, 0.6) is 0 Å². The molecule has 0 bridgehead atoms. The fourth-order valence-corrected chi connectivity index (χ4v) is 3.90. The van der Waals surface area contributed by atoms with Crippen LogP contribution in [0.2, 0.25) is 0 Å². The number of hydrogen-bond acceptors (Lipinski definition) is 4. The summed E-state index contributed by atoms with van der Waals surface area (Å²) in [5.41, 5.74) is 0.960. The molecule has 2 heterocycles. The van der Waals surface area contributed by atoms with E-state index in [1.165, 1.54) is 19.3 Å². The molecular weight excluding hydrogens is 284 g/mol. The maximum Gasteiger partial charge on any atom is 0.327 e. The van der Waals surface area contributed by atoms with E-state index >= 15 is 0 Å². The van der Waals surface area contributed by atoms with Gasteiger partial charge < -0.3 is 4.90 Å². The van der Waals surface area contributed by atoms with Crippen molar-refractivity contribution in [2.75, 3.05) is 18.5 Å². The maximum atomic E-state index is 12.5. The first-order chi connectivity index (χ1) is 10.2. The molecule has 110 valence electrons. The number of hydrogen-bond donors (Lipinski definition) is 1. The smallest absolute Gasteiger partial charge is 0.324 e. The number of carbonyl (C=O) groups excluding carboxylic acids is 1. The van der Waals surface area contributed by atoms with Crippen LogP contribution in [0.15, 0.2) is 24.3 Å². The van der Waals surface area contributed by atoms with Crippen molar-refractivity contribution < 1.29 is 4.79 Å². The molecule has 0 radical (unpaired) electrons. The van der Waals surface area contributed by atoms with Gasteiger partial charge in [0.1, 0.15) is 6.17 Å². The summed E-state index contributed by atoms with van der Waals surface area (Å²) >= 11 is 1.58. The molecule has 1 unspecified atom stereocenters. The number of urea groups is 1. The van der Waals surface area contributed by atoms with Crippen molar-refractivity contribution in [3.8, 4) is 0 Å². The van der Waals surface area contributed by atoms with Crippen molar-refractivity contribution in [2.24, 2.45) is 0 Å². The minimum atomic E-state index is 0.0332. The zero-order valence-corrected chi connectivity index (χ0v) is 12.8. The standard InChI is InChI=1S/C15H18N4OS/c1-18-9-13(16-10-5-4-6-10)19(15(18)20)14-17-11-7-2-3-8-12(11)21-14/h2-3,7-8,10,13,16H,4-6,9H2,1H3. The van der Waals surface area contributed by atoms with Crippen LogP contribution in [-0.2, 0) is 0 Å². The highest BCUT2D eigenvalue weighted by molar-refractivity contribution is 7.22. The summed E-state index contributed by atoms with van der Waals surface area (Å²) in [6.45, 7) is 0.714. The van der Waals surface area contributed by atoms with Crippen molar-refractivity contribution in [2.45, 2.75) is 31.5 Å². The number of carbonyl (C=O) groups is 1. The minimum Gasteiger partial charge on any atom is -0.324 e. The van der Waals surface area contributed by atoms with Gasteiger partial charge in [-0.15, -0.1) is 0 Å². The third kappa shape index (κ3) is 2.18. The zero-order chi connectivity index (χ0) is 14.4. The zero-order valence-electron chi connectivity index (χ0n) is 12.0. The normalized spacial score (nSPS) is 23.1. The van der Waals surface area contributed by atoms with Gasteiger partial charge in [-0.25, -0.2) is 9.78 Å². The predicted octanol–water partition coefficient (Wildman–Crippen LogP) is 2.64. The first-order valence-electron chi connectivity index (χ1n) is 7.38. The van der Waals surface area contributed by atoms with E-state index in [2.05, 4.69) is 16.4 Å². The average molecular weight is 302 g/mol. The Morgan fingerprint density at radius 1 is 1.33 bits per heavy atom. The van der Waals surface area contributed by atoms with Crippen LogP contribution in [0, 0.1) is 0 Å². The second-order valence-electron chi connectivity index (χ2n) is 5.81. The van der Waals surface area contributed by atoms with E-state index in [1.54, 1.807) is 16.2 Å². The molecule has 1 aliphatic heterocycles. The largest absolute Gasteiger partial charge is 0.327 e. The molecule has 5 nitrogen and oxygen atoms in total. The molecule has 2 aromatic rings. The number of nitrogens with zero attached hydrogens (tertiary/aromatic N) is 3. The SMILES string of the molecule is CN1CC(NC2CCC2)N(c2nc3ccccc3s2)C1=O. The van der Waals surface area contributed by atoms with Gasteiger partial charge in [-0.3, -0.25) is 10.2 Å². The number of thiazole rings is 1. The van der Waals surface area contributed by atoms with Gasteiger partial charge in [0, 0.05) is 13.1 Å². The van der Waals surface area contributed by atoms with E-state index in [1.807, 2.05) is 30.1 Å². The number of fused-ring (bicyclic) bond motifs is 1. The maximum absolute atomic E-state index is 12.5. The van der Waals surface area contributed by atoms with Crippen molar-refractivity contribution in [3.63, 3.8) is 0 Å². The lowest BCUT2D eigenvalue weighted by atomic mass is 9.93. The fraction of sp³-hybridized carbons (Fsp3) is 0.467. The quantitative estimate of drug-likeness (QED) is 0.948. The molecule has 0 spiro atoms. The minimum absolute atomic E-state index is 0.0332. The molecular formula is C15H18N4OS. The molecule has 6 heteroatoms. The second-order valence-corrected chi connectivity index (χ2v) is 6.82. The van der Waals surface area contributed by atoms with E-state index in [-0.39, 0.29) is 12.2 Å². The van der Waals surface area contributed by atoms with Crippen molar-refractivity contribution in [1.82, 2.24) is 15.2 Å². The van der Waals surface area contributed by atoms with Crippen molar-refractivity contribution in [1.29, 1.82) is 0 Å². The molecule has 1 aliphatic carbocycles. The Kier molecular flexibility index (Phi) is 3.08. The molecule has 4 rings (SSSR count). The second kappa shape index (κ2) is 4.96. The summed E-state index contributed by atoms with van der Waals surface area (Å²) in [5, 5.41) is 4.39. The molecule has 1 saturated carbocycles. The number of likely N-dealkylation sites (N-methyl/N-ethyl adjacent to an activating group) is 1. The monoisotopic (exact) mass is 302 g/mol. The van der Waals surface area contributed by atoms with Gasteiger partial charge in [0.15, 0.2) is 5.13 Å². The molecule has 1 aromatic heterocycles. The van der Waals surface area contributed by atoms with Crippen LogP contribution >= 0.6 is 11.3 Å². The lowest BCUT2D eigenvalue weighted by molar-refractivity contribution is 0.229. The first-order valence-corrected chi connectivity index (χ1v) is 8.20. The van der Waals surface area contributed by atoms with E-state index < -0.39 is 0 Å². The number of anilines is 1. The summed E-state index contributed by atoms with van der Waals surface area (Å²) in [6, 6.07) is 8.61. The Balaban J connectivity index is 1.66. The summed E-state index contributed by atoms with van der Waals surface area (Å²) < 4.78 is 1.12. The molecule has 21 heavy (non-hydrogen) atoms. The number of amides is 2. The molecule has 2 aliphatic rings. The first kappa shape index (κ1) is 13.0. The Bertz CT molecular complexity index is 648. The average Bonchev–Trinajstić information content (AvgIpc) is 2.96. The Hall–Kier alpha value is -1.66. The third-order valence-corrected chi connectivity index (χ3v) is 5.35. The van der Waals surface area contributed by atoms with Gasteiger partial charge in [-0.05, 0) is 25.0 Å². The molecule has 1 atom stereocenters. The van der Waals surface area contributed by atoms with E-state index in [0.717, 1.165) is 15.3 Å². The van der Waals surface area contributed by atoms with Gasteiger partial charge in [-0.2, -0.15) is 0 Å². The lowest BCUT2D eigenvalue weighted by Crippen LogP contribution is -2.51. The van der Waals surface area contributed by atoms with Gasteiger partial charge in [-0.1, -0.05) is 29.9 Å². The van der Waals surface area contributed by atoms with Crippen LogP contribution < -0.4 is 10.2 Å². The van der Waals surface area contributed by atoms with Crippen LogP contribution in [0.25, 0.3) is 10.2 Å². The van der Waals surface area contributed by atoms with Crippen LogP contribution in [0.1, 0.15) is 19.3 Å². The number of aromatic nitrogens is 1. The number of rotatable bonds is 3. The van der Waals surface area contributed by atoms with E-state index in [4.69, 9.17) is 0 Å². The lowest BCUT2D eigenvalue weighted by Gasteiger charge is -2.32. The van der Waals surface area contributed by atoms with Crippen LogP contribution in [0.3, 0.4) is 0 Å². The third-order valence-electron chi connectivity index (χ3n) is 4.31. The van der Waals surface area contributed by atoms with Crippen molar-refractivity contribution >= 4 is 32.7 Å². The summed E-state index contributed by atoms with van der Waals surface area (Å²) in [7, 11) is 1.85. The summed E-state index contributed by atoms with van der Waals surface area (Å²) in [6.07, 6.45) is 3.74. The Morgan fingerprint density at radius 2 is 2.14 bits per heavy atom. The highest BCUT2D eigenvalue weighted by atomic mass is 32.1. The van der Waals surface area contributed by atoms with Gasteiger partial charge in [0.25, 0.3) is 0 Å². The molecule has 1 saturated heterocycles. The molecule has 1 N–H and O–H groups in total. The Labute approximate surface area is 127 Å². The van der Waals surface area contributed by atoms with Gasteiger partial charge in [0.2, 0.25) is 0 Å². The molecule has 2 amide bonds. The number of benzene rings is 1. The van der Waals surface area contributed by atoms with E-state index in [9.17, 15) is 4.79 Å². The topological polar surface area (TPSA) is 48.5 Å². The van der Waals surface area contributed by atoms with Crippen LogP contribution in [0.4, 0.5) is 9.93 Å². The summed E-state index contributed by atoms with van der Waals surface area (Å²) in [5.74, 6) is 0. The fourth-order valence-electron chi connectivity index (χ4n) is 2.89. The number of nitrogens with one attached hydrogen (secondary N) is 1. The van der Waals surface area contributed by atoms with Crippen LogP contribution in [-0.4, -0.2) is 41.7 Å². The number of para-hydroxylation sites is 1. The van der Waals surface area contributed by atoms with Crippen molar-refractivity contribution in [3.05, 3.63) is 24.3 Å². The van der Waals surface area contributed by atoms with Gasteiger partial charge in [0.05, 0.1) is 16.8 Å². The van der Waals surface area contributed by atoms with Gasteiger partial charge >= 0.3 is 6.03 Å². The highest BCUT2D eigenvalue weighted by Gasteiger charge is 2.39. The predicted molar refractivity (Wildman–Crippen MR) is 84.7 cm³/mol. The van der Waals surface area contributed by atoms with E-state index in [0.29, 0.717) is 12.6 Å².